The van der Waals surface area contributed by atoms with E-state index in [1.807, 2.05) is 32.1 Å². The zero-order valence-electron chi connectivity index (χ0n) is 21.8. The number of hydrogen-bond donors (Lipinski definition) is 0. The van der Waals surface area contributed by atoms with Crippen molar-refractivity contribution in [2.75, 3.05) is 22.9 Å². The lowest BCUT2D eigenvalue weighted by Gasteiger charge is -2.38. The van der Waals surface area contributed by atoms with Crippen LogP contribution >= 0.6 is 11.6 Å². The summed E-state index contributed by atoms with van der Waals surface area (Å²) in [6, 6.07) is 10.8. The summed E-state index contributed by atoms with van der Waals surface area (Å²) in [5.41, 5.74) is 1.22. The van der Waals surface area contributed by atoms with E-state index in [4.69, 9.17) is 16.3 Å². The third-order valence-electron chi connectivity index (χ3n) is 6.55. The second kappa shape index (κ2) is 11.7. The molecule has 0 saturated carbocycles. The van der Waals surface area contributed by atoms with Crippen LogP contribution in [-0.2, 0) is 21.3 Å². The minimum atomic E-state index is -4.40. The molecular weight excluding hydrogens is 503 g/mol. The molecule has 1 amide bonds. The number of ether oxygens (including phenoxy) is 1. The number of anilines is 2. The van der Waals surface area contributed by atoms with Crippen molar-refractivity contribution in [2.45, 2.75) is 65.3 Å². The van der Waals surface area contributed by atoms with Gasteiger partial charge in [0.1, 0.15) is 5.84 Å². The molecule has 5 nitrogen and oxygen atoms in total. The molecule has 0 bridgehead atoms. The fraction of sp³-hybridized carbons (Fsp3) is 0.429. The molecule has 9 heteroatoms. The van der Waals surface area contributed by atoms with E-state index < -0.39 is 17.3 Å². The maximum Gasteiger partial charge on any atom is 0.416 e. The van der Waals surface area contributed by atoms with Gasteiger partial charge in [-0.25, -0.2) is 4.99 Å². The number of amidine groups is 1. The Bertz CT molecular complexity index is 1170. The lowest BCUT2D eigenvalue weighted by molar-refractivity contribution is -0.138. The van der Waals surface area contributed by atoms with Crippen molar-refractivity contribution in [1.29, 1.82) is 0 Å². The first-order chi connectivity index (χ1) is 17.4. The predicted octanol–water partition coefficient (Wildman–Crippen LogP) is 7.58. The zero-order valence-corrected chi connectivity index (χ0v) is 22.5. The molecule has 0 radical (unpaired) electrons. The Balaban J connectivity index is 1.67. The van der Waals surface area contributed by atoms with Gasteiger partial charge in [0.05, 0.1) is 33.7 Å². The van der Waals surface area contributed by atoms with Gasteiger partial charge in [-0.1, -0.05) is 29.8 Å². The standard InChI is InChI=1S/C28H33ClF3N3O2/c1-6-19(2)33-20(3)35(18-36)23-10-11-26(25(29)17-23)34-14-12-24(13-15-34)37-27(4,5)21-8-7-9-22(16-21)28(30,31)32/h6-11,16-18,24H,12-15H2,1-5H3/b19-6-,33-20-. The van der Waals surface area contributed by atoms with E-state index in [2.05, 4.69) is 9.89 Å². The molecule has 0 spiro atoms. The molecule has 1 heterocycles. The Labute approximate surface area is 221 Å². The largest absolute Gasteiger partial charge is 0.416 e. The number of alkyl halides is 3. The van der Waals surface area contributed by atoms with Gasteiger partial charge in [0.25, 0.3) is 0 Å². The number of allylic oxidation sites excluding steroid dienone is 2. The fourth-order valence-corrected chi connectivity index (χ4v) is 4.66. The van der Waals surface area contributed by atoms with Crippen LogP contribution in [0, 0.1) is 0 Å². The maximum absolute atomic E-state index is 13.2. The summed E-state index contributed by atoms with van der Waals surface area (Å²) >= 11 is 6.62. The number of rotatable bonds is 7. The van der Waals surface area contributed by atoms with Gasteiger partial charge < -0.3 is 9.64 Å². The Hall–Kier alpha value is -2.84. The summed E-state index contributed by atoms with van der Waals surface area (Å²) < 4.78 is 45.8. The average Bonchev–Trinajstić information content (AvgIpc) is 2.84. The van der Waals surface area contributed by atoms with Crippen molar-refractivity contribution in [3.63, 3.8) is 0 Å². The molecule has 2 aromatic carbocycles. The van der Waals surface area contributed by atoms with Crippen LogP contribution in [0.3, 0.4) is 0 Å². The van der Waals surface area contributed by atoms with Crippen molar-refractivity contribution < 1.29 is 22.7 Å². The molecule has 0 N–H and O–H groups in total. The number of carbonyl (C=O) groups is 1. The maximum atomic E-state index is 13.2. The van der Waals surface area contributed by atoms with E-state index in [0.717, 1.165) is 23.5 Å². The highest BCUT2D eigenvalue weighted by Crippen LogP contribution is 2.36. The minimum Gasteiger partial charge on any atom is -0.370 e. The summed E-state index contributed by atoms with van der Waals surface area (Å²) in [5, 5.41) is 0.517. The lowest BCUT2D eigenvalue weighted by atomic mass is 9.95. The van der Waals surface area contributed by atoms with Crippen LogP contribution in [0.4, 0.5) is 24.5 Å². The van der Waals surface area contributed by atoms with E-state index in [0.29, 0.717) is 54.5 Å². The Morgan fingerprint density at radius 3 is 2.32 bits per heavy atom. The van der Waals surface area contributed by atoms with Gasteiger partial charge >= 0.3 is 6.18 Å². The third kappa shape index (κ3) is 7.14. The number of benzene rings is 2. The summed E-state index contributed by atoms with van der Waals surface area (Å²) in [4.78, 5) is 19.7. The molecule has 1 fully saturated rings. The Morgan fingerprint density at radius 2 is 1.76 bits per heavy atom. The molecule has 200 valence electrons. The van der Waals surface area contributed by atoms with Gasteiger partial charge in [-0.2, -0.15) is 13.2 Å². The topological polar surface area (TPSA) is 45.1 Å². The molecule has 0 atom stereocenters. The number of hydrogen-bond acceptors (Lipinski definition) is 4. The third-order valence-corrected chi connectivity index (χ3v) is 6.85. The van der Waals surface area contributed by atoms with Crippen LogP contribution in [0.15, 0.2) is 59.2 Å². The zero-order chi connectivity index (χ0) is 27.4. The molecule has 0 aliphatic carbocycles. The van der Waals surface area contributed by atoms with Gasteiger partial charge in [-0.05, 0) is 83.4 Å². The summed E-state index contributed by atoms with van der Waals surface area (Å²) in [5.74, 6) is 0.538. The summed E-state index contributed by atoms with van der Waals surface area (Å²) in [6.07, 6.45) is -0.520. The van der Waals surface area contributed by atoms with Crippen LogP contribution in [-0.4, -0.2) is 31.4 Å². The highest BCUT2D eigenvalue weighted by atomic mass is 35.5. The quantitative estimate of drug-likeness (QED) is 0.208. The fourth-order valence-electron chi connectivity index (χ4n) is 4.37. The van der Waals surface area contributed by atoms with Gasteiger partial charge in [-0.3, -0.25) is 9.69 Å². The van der Waals surface area contributed by atoms with Crippen LogP contribution in [0.1, 0.15) is 58.6 Å². The highest BCUT2D eigenvalue weighted by Gasteiger charge is 2.34. The first kappa shape index (κ1) is 28.7. The molecule has 1 saturated heterocycles. The SMILES string of the molecule is C/C=C(C)\N=C(\C)N(C=O)c1ccc(N2CCC(OC(C)(C)c3cccc(C(F)(F)F)c3)CC2)c(Cl)c1. The molecular formula is C28H33ClF3N3O2. The summed E-state index contributed by atoms with van der Waals surface area (Å²) in [7, 11) is 0. The molecule has 0 unspecified atom stereocenters. The molecule has 2 aromatic rings. The minimum absolute atomic E-state index is 0.0990. The van der Waals surface area contributed by atoms with Crippen LogP contribution in [0.2, 0.25) is 5.02 Å². The van der Waals surface area contributed by atoms with Gasteiger partial charge in [-0.15, -0.1) is 0 Å². The van der Waals surface area contributed by atoms with Gasteiger partial charge in [0.15, 0.2) is 0 Å². The van der Waals surface area contributed by atoms with E-state index in [1.165, 1.54) is 11.0 Å². The number of aliphatic imine (C=N–C) groups is 1. The van der Waals surface area contributed by atoms with Crippen molar-refractivity contribution in [3.8, 4) is 0 Å². The molecule has 3 rings (SSSR count). The van der Waals surface area contributed by atoms with Crippen molar-refractivity contribution in [2.24, 2.45) is 4.99 Å². The Kier molecular flexibility index (Phi) is 9.08. The van der Waals surface area contributed by atoms with Crippen LogP contribution in [0.5, 0.6) is 0 Å². The number of piperidine rings is 1. The second-order valence-electron chi connectivity index (χ2n) is 9.59. The molecule has 1 aliphatic rings. The van der Waals surface area contributed by atoms with E-state index >= 15 is 0 Å². The number of halogens is 4. The average molecular weight is 536 g/mol. The van der Waals surface area contributed by atoms with Crippen LogP contribution in [0.25, 0.3) is 0 Å². The number of amides is 1. The molecule has 0 aromatic heterocycles. The Morgan fingerprint density at radius 1 is 1.11 bits per heavy atom. The monoisotopic (exact) mass is 535 g/mol. The number of carbonyl (C=O) groups excluding carboxylic acids is 1. The number of nitrogens with zero attached hydrogens (tertiary/aromatic N) is 3. The van der Waals surface area contributed by atoms with E-state index in [1.54, 1.807) is 32.9 Å². The normalized spacial score (nSPS) is 16.2. The van der Waals surface area contributed by atoms with Gasteiger partial charge in [0.2, 0.25) is 6.41 Å². The smallest absolute Gasteiger partial charge is 0.370 e. The van der Waals surface area contributed by atoms with Crippen LogP contribution < -0.4 is 9.80 Å². The first-order valence-corrected chi connectivity index (χ1v) is 12.6. The van der Waals surface area contributed by atoms with Crippen molar-refractivity contribution >= 4 is 35.2 Å². The van der Waals surface area contributed by atoms with E-state index in [-0.39, 0.29) is 6.10 Å². The highest BCUT2D eigenvalue weighted by molar-refractivity contribution is 6.33. The second-order valence-corrected chi connectivity index (χ2v) is 10.0. The molecule has 1 aliphatic heterocycles. The van der Waals surface area contributed by atoms with Crippen molar-refractivity contribution in [1.82, 2.24) is 0 Å². The predicted molar refractivity (Wildman–Crippen MR) is 143 cm³/mol. The lowest BCUT2D eigenvalue weighted by Crippen LogP contribution is -2.40. The molecule has 37 heavy (non-hydrogen) atoms. The van der Waals surface area contributed by atoms with E-state index in [9.17, 15) is 18.0 Å². The first-order valence-electron chi connectivity index (χ1n) is 12.2. The summed E-state index contributed by atoms with van der Waals surface area (Å²) in [6.45, 7) is 10.5. The van der Waals surface area contributed by atoms with Gasteiger partial charge in [0, 0.05) is 18.8 Å². The van der Waals surface area contributed by atoms with Crippen molar-refractivity contribution in [3.05, 3.63) is 70.4 Å².